The monoisotopic (exact) mass is 205 g/mol. The van der Waals surface area contributed by atoms with Gasteiger partial charge >= 0.3 is 0 Å². The number of unbranched alkanes of at least 4 members (excludes halogenated alkanes) is 1. The molecule has 0 saturated heterocycles. The Morgan fingerprint density at radius 1 is 1.40 bits per heavy atom. The molecule has 15 heavy (non-hydrogen) atoms. The van der Waals surface area contributed by atoms with Crippen LogP contribution in [-0.4, -0.2) is 11.6 Å². The van der Waals surface area contributed by atoms with Crippen molar-refractivity contribution in [3.05, 3.63) is 24.1 Å². The predicted molar refractivity (Wildman–Crippen MR) is 59.1 cm³/mol. The highest BCUT2D eigenvalue weighted by Gasteiger charge is 2.05. The highest BCUT2D eigenvalue weighted by atomic mass is 16.5. The molecule has 0 fully saturated rings. The minimum Gasteiger partial charge on any atom is -0.493 e. The molecule has 0 bridgehead atoms. The molecule has 0 spiro atoms. The lowest BCUT2D eigenvalue weighted by atomic mass is 10.2. The Morgan fingerprint density at radius 3 is 3.07 bits per heavy atom. The van der Waals surface area contributed by atoms with E-state index in [2.05, 4.69) is 11.9 Å². The molecule has 0 saturated carbocycles. The fourth-order valence-electron chi connectivity index (χ4n) is 1.52. The number of nitrogens with zero attached hydrogens (tertiary/aromatic N) is 1. The van der Waals surface area contributed by atoms with Crippen molar-refractivity contribution in [2.24, 2.45) is 0 Å². The molecule has 0 atom stereocenters. The lowest BCUT2D eigenvalue weighted by molar-refractivity contribution is 0.309. The maximum absolute atomic E-state index is 5.62. The first-order valence-corrected chi connectivity index (χ1v) is 5.28. The normalized spacial score (nSPS) is 10.8. The van der Waals surface area contributed by atoms with Crippen molar-refractivity contribution in [1.29, 1.82) is 0 Å². The summed E-state index contributed by atoms with van der Waals surface area (Å²) < 4.78 is 10.9. The smallest absolute Gasteiger partial charge is 0.181 e. The van der Waals surface area contributed by atoms with Crippen molar-refractivity contribution in [3.63, 3.8) is 0 Å². The van der Waals surface area contributed by atoms with Crippen LogP contribution in [0.15, 0.2) is 22.9 Å². The van der Waals surface area contributed by atoms with Gasteiger partial charge < -0.3 is 9.15 Å². The van der Waals surface area contributed by atoms with Gasteiger partial charge in [-0.1, -0.05) is 13.3 Å². The zero-order chi connectivity index (χ0) is 10.7. The standard InChI is InChI=1S/C12H15NO2/c1-3-4-5-14-10-6-9(2)12-11(7-10)15-8-13-12/h6-8H,3-5H2,1-2H3. The van der Waals surface area contributed by atoms with Gasteiger partial charge in [-0.2, -0.15) is 0 Å². The molecule has 2 aromatic rings. The number of rotatable bonds is 4. The zero-order valence-electron chi connectivity index (χ0n) is 9.12. The van der Waals surface area contributed by atoms with Crippen LogP contribution in [-0.2, 0) is 0 Å². The number of hydrogen-bond acceptors (Lipinski definition) is 3. The molecule has 0 aliphatic carbocycles. The van der Waals surface area contributed by atoms with E-state index in [0.717, 1.165) is 41.9 Å². The molecule has 80 valence electrons. The number of fused-ring (bicyclic) bond motifs is 1. The van der Waals surface area contributed by atoms with Crippen molar-refractivity contribution in [2.45, 2.75) is 26.7 Å². The van der Waals surface area contributed by atoms with Crippen LogP contribution in [0.4, 0.5) is 0 Å². The van der Waals surface area contributed by atoms with Gasteiger partial charge in [0.15, 0.2) is 12.0 Å². The molecule has 3 nitrogen and oxygen atoms in total. The van der Waals surface area contributed by atoms with E-state index in [0.29, 0.717) is 0 Å². The summed E-state index contributed by atoms with van der Waals surface area (Å²) in [6, 6.07) is 3.89. The molecule has 0 aliphatic rings. The van der Waals surface area contributed by atoms with Gasteiger partial charge in [-0.25, -0.2) is 4.98 Å². The van der Waals surface area contributed by atoms with E-state index in [1.165, 1.54) is 6.39 Å². The van der Waals surface area contributed by atoms with Crippen molar-refractivity contribution < 1.29 is 9.15 Å². The van der Waals surface area contributed by atoms with E-state index in [-0.39, 0.29) is 0 Å². The Balaban J connectivity index is 2.21. The highest BCUT2D eigenvalue weighted by molar-refractivity contribution is 5.77. The second-order valence-corrected chi connectivity index (χ2v) is 3.64. The fraction of sp³-hybridized carbons (Fsp3) is 0.417. The first kappa shape index (κ1) is 10.0. The average Bonchev–Trinajstić information content (AvgIpc) is 2.66. The Morgan fingerprint density at radius 2 is 2.27 bits per heavy atom. The molecule has 1 aromatic heterocycles. The molecule has 1 heterocycles. The van der Waals surface area contributed by atoms with E-state index in [4.69, 9.17) is 9.15 Å². The van der Waals surface area contributed by atoms with Gasteiger partial charge in [0.05, 0.1) is 6.61 Å². The van der Waals surface area contributed by atoms with Crippen molar-refractivity contribution in [1.82, 2.24) is 4.98 Å². The van der Waals surface area contributed by atoms with Gasteiger partial charge in [0.1, 0.15) is 11.3 Å². The van der Waals surface area contributed by atoms with Crippen molar-refractivity contribution in [2.75, 3.05) is 6.61 Å². The van der Waals surface area contributed by atoms with Gasteiger partial charge in [0.2, 0.25) is 0 Å². The molecule has 3 heteroatoms. The lowest BCUT2D eigenvalue weighted by Gasteiger charge is -2.05. The van der Waals surface area contributed by atoms with Gasteiger partial charge in [-0.15, -0.1) is 0 Å². The van der Waals surface area contributed by atoms with Crippen molar-refractivity contribution in [3.8, 4) is 5.75 Å². The summed E-state index contributed by atoms with van der Waals surface area (Å²) in [4.78, 5) is 4.13. The Hall–Kier alpha value is -1.51. The third-order valence-electron chi connectivity index (χ3n) is 2.37. The van der Waals surface area contributed by atoms with Gasteiger partial charge in [-0.05, 0) is 25.0 Å². The summed E-state index contributed by atoms with van der Waals surface area (Å²) in [5.74, 6) is 0.866. The van der Waals surface area contributed by atoms with Crippen LogP contribution >= 0.6 is 0 Å². The molecular formula is C12H15NO2. The molecule has 0 N–H and O–H groups in total. The average molecular weight is 205 g/mol. The fourth-order valence-corrected chi connectivity index (χ4v) is 1.52. The summed E-state index contributed by atoms with van der Waals surface area (Å²) >= 11 is 0. The van der Waals surface area contributed by atoms with Crippen LogP contribution in [0.3, 0.4) is 0 Å². The SMILES string of the molecule is CCCCOc1cc(C)c2ncoc2c1. The molecule has 0 amide bonds. The minimum atomic E-state index is 0.760. The highest BCUT2D eigenvalue weighted by Crippen LogP contribution is 2.23. The van der Waals surface area contributed by atoms with Crippen LogP contribution in [0.25, 0.3) is 11.1 Å². The number of aromatic nitrogens is 1. The largest absolute Gasteiger partial charge is 0.493 e. The van der Waals surface area contributed by atoms with Gasteiger partial charge in [0.25, 0.3) is 0 Å². The number of oxazole rings is 1. The first-order valence-electron chi connectivity index (χ1n) is 5.28. The quantitative estimate of drug-likeness (QED) is 0.718. The first-order chi connectivity index (χ1) is 7.31. The minimum absolute atomic E-state index is 0.760. The molecule has 0 radical (unpaired) electrons. The molecular weight excluding hydrogens is 190 g/mol. The van der Waals surface area contributed by atoms with E-state index in [1.54, 1.807) is 0 Å². The van der Waals surface area contributed by atoms with Crippen LogP contribution in [0.1, 0.15) is 25.3 Å². The number of ether oxygens (including phenoxy) is 1. The summed E-state index contributed by atoms with van der Waals surface area (Å²) in [5.41, 5.74) is 2.80. The number of benzene rings is 1. The zero-order valence-corrected chi connectivity index (χ0v) is 9.12. The van der Waals surface area contributed by atoms with E-state index in [1.807, 2.05) is 19.1 Å². The van der Waals surface area contributed by atoms with E-state index < -0.39 is 0 Å². The van der Waals surface area contributed by atoms with E-state index in [9.17, 15) is 0 Å². The molecule has 0 unspecified atom stereocenters. The summed E-state index contributed by atoms with van der Waals surface area (Å²) in [6.07, 6.45) is 3.69. The maximum Gasteiger partial charge on any atom is 0.181 e. The Labute approximate surface area is 89.1 Å². The predicted octanol–water partition coefficient (Wildman–Crippen LogP) is 3.32. The Kier molecular flexibility index (Phi) is 2.90. The number of hydrogen-bond donors (Lipinski definition) is 0. The van der Waals surface area contributed by atoms with Gasteiger partial charge in [0, 0.05) is 6.07 Å². The third-order valence-corrected chi connectivity index (χ3v) is 2.37. The second-order valence-electron chi connectivity index (χ2n) is 3.64. The third kappa shape index (κ3) is 2.12. The summed E-state index contributed by atoms with van der Waals surface area (Å²) in [6.45, 7) is 4.92. The topological polar surface area (TPSA) is 35.3 Å². The number of aryl methyl sites for hydroxylation is 1. The van der Waals surface area contributed by atoms with E-state index >= 15 is 0 Å². The van der Waals surface area contributed by atoms with Crippen LogP contribution in [0, 0.1) is 6.92 Å². The summed E-state index contributed by atoms with van der Waals surface area (Å²) in [7, 11) is 0. The maximum atomic E-state index is 5.62. The van der Waals surface area contributed by atoms with Crippen molar-refractivity contribution >= 4 is 11.1 Å². The van der Waals surface area contributed by atoms with Crippen LogP contribution in [0.5, 0.6) is 5.75 Å². The van der Waals surface area contributed by atoms with Crippen LogP contribution < -0.4 is 4.74 Å². The lowest BCUT2D eigenvalue weighted by Crippen LogP contribution is -1.96. The summed E-state index contributed by atoms with van der Waals surface area (Å²) in [5, 5.41) is 0. The second kappa shape index (κ2) is 4.34. The Bertz CT molecular complexity index is 448. The van der Waals surface area contributed by atoms with Gasteiger partial charge in [-0.3, -0.25) is 0 Å². The van der Waals surface area contributed by atoms with Crippen LogP contribution in [0.2, 0.25) is 0 Å². The molecule has 0 aliphatic heterocycles. The molecule has 1 aromatic carbocycles. The molecule has 2 rings (SSSR count).